The molecule has 8 heteroatoms. The number of fused-ring (bicyclic) bond motifs is 1. The monoisotopic (exact) mass is 450 g/mol. The Morgan fingerprint density at radius 2 is 1.65 bits per heavy atom. The number of nitrogens with one attached hydrogen (secondary N) is 2. The molecule has 0 radical (unpaired) electrons. The molecule has 1 aliphatic heterocycles. The Kier molecular flexibility index (Phi) is 8.83. The van der Waals surface area contributed by atoms with Crippen molar-refractivity contribution in [3.8, 4) is 23.0 Å². The van der Waals surface area contributed by atoms with E-state index in [4.69, 9.17) is 18.9 Å². The zero-order chi connectivity index (χ0) is 21.6. The second-order valence-electron chi connectivity index (χ2n) is 8.09. The molecule has 0 saturated heterocycles. The van der Waals surface area contributed by atoms with Crippen molar-refractivity contribution in [2.24, 2.45) is 0 Å². The first-order chi connectivity index (χ1) is 14.3. The van der Waals surface area contributed by atoms with E-state index in [0.29, 0.717) is 31.2 Å². The van der Waals surface area contributed by atoms with Crippen molar-refractivity contribution >= 4 is 18.3 Å². The number of rotatable bonds is 9. The summed E-state index contributed by atoms with van der Waals surface area (Å²) in [5.74, 6) is 2.58. The van der Waals surface area contributed by atoms with Gasteiger partial charge < -0.3 is 29.6 Å². The molecule has 2 aromatic carbocycles. The maximum Gasteiger partial charge on any atom is 0.258 e. The van der Waals surface area contributed by atoms with Crippen molar-refractivity contribution in [1.82, 2.24) is 10.6 Å². The van der Waals surface area contributed by atoms with Crippen molar-refractivity contribution in [2.45, 2.75) is 46.3 Å². The van der Waals surface area contributed by atoms with Crippen LogP contribution in [0.5, 0.6) is 23.0 Å². The number of carbonyl (C=O) groups excluding carboxylic acids is 1. The summed E-state index contributed by atoms with van der Waals surface area (Å²) in [5.41, 5.74) is 1.89. The fraction of sp³-hybridized carbons (Fsp3) is 0.435. The third kappa shape index (κ3) is 7.52. The van der Waals surface area contributed by atoms with Crippen LogP contribution < -0.4 is 29.6 Å². The molecule has 0 atom stereocenters. The molecule has 0 aliphatic carbocycles. The van der Waals surface area contributed by atoms with Crippen LogP contribution in [0.15, 0.2) is 36.4 Å². The molecule has 2 N–H and O–H groups in total. The van der Waals surface area contributed by atoms with Gasteiger partial charge in [-0.3, -0.25) is 4.79 Å². The smallest absolute Gasteiger partial charge is 0.258 e. The molecule has 0 aromatic heterocycles. The average molecular weight is 451 g/mol. The molecular weight excluding hydrogens is 420 g/mol. The Hall–Kier alpha value is -2.64. The van der Waals surface area contributed by atoms with Gasteiger partial charge in [-0.1, -0.05) is 12.1 Å². The first-order valence-corrected chi connectivity index (χ1v) is 10.1. The summed E-state index contributed by atoms with van der Waals surface area (Å²) in [4.78, 5) is 12.0. The molecule has 0 spiro atoms. The second kappa shape index (κ2) is 11.1. The summed E-state index contributed by atoms with van der Waals surface area (Å²) >= 11 is 0. The quantitative estimate of drug-likeness (QED) is 0.604. The lowest BCUT2D eigenvalue weighted by atomic mass is 10.1. The van der Waals surface area contributed by atoms with Gasteiger partial charge >= 0.3 is 0 Å². The number of hydrogen-bond donors (Lipinski definition) is 2. The Balaban J connectivity index is 0.00000341. The minimum absolute atomic E-state index is 0. The van der Waals surface area contributed by atoms with Gasteiger partial charge in [0.1, 0.15) is 0 Å². The third-order valence-corrected chi connectivity index (χ3v) is 4.28. The summed E-state index contributed by atoms with van der Waals surface area (Å²) in [5, 5.41) is 6.30. The first kappa shape index (κ1) is 24.6. The van der Waals surface area contributed by atoms with Gasteiger partial charge in [0, 0.05) is 18.6 Å². The summed E-state index contributed by atoms with van der Waals surface area (Å²) < 4.78 is 22.2. The van der Waals surface area contributed by atoms with Crippen LogP contribution in [0.2, 0.25) is 0 Å². The number of carbonyl (C=O) groups is 1. The minimum Gasteiger partial charge on any atom is -0.490 e. The number of amides is 1. The van der Waals surface area contributed by atoms with E-state index in [2.05, 4.69) is 10.6 Å². The van der Waals surface area contributed by atoms with Gasteiger partial charge in [-0.15, -0.1) is 12.4 Å². The van der Waals surface area contributed by atoms with Crippen LogP contribution in [0.4, 0.5) is 0 Å². The second-order valence-corrected chi connectivity index (χ2v) is 8.09. The lowest BCUT2D eigenvalue weighted by molar-refractivity contribution is -0.124. The fourth-order valence-electron chi connectivity index (χ4n) is 3.05. The van der Waals surface area contributed by atoms with Gasteiger partial charge in [0.05, 0.1) is 6.61 Å². The summed E-state index contributed by atoms with van der Waals surface area (Å²) in [6.45, 7) is 9.81. The van der Waals surface area contributed by atoms with Crippen LogP contribution in [-0.4, -0.2) is 31.5 Å². The summed E-state index contributed by atoms with van der Waals surface area (Å²) in [6.07, 6.45) is 0. The molecule has 0 saturated carbocycles. The Labute approximate surface area is 189 Å². The zero-order valence-corrected chi connectivity index (χ0v) is 19.3. The van der Waals surface area contributed by atoms with Crippen molar-refractivity contribution in [2.75, 3.05) is 20.0 Å². The van der Waals surface area contributed by atoms with E-state index in [9.17, 15) is 4.79 Å². The van der Waals surface area contributed by atoms with Crippen molar-refractivity contribution in [1.29, 1.82) is 0 Å². The molecule has 1 aliphatic rings. The maximum absolute atomic E-state index is 12.0. The zero-order valence-electron chi connectivity index (χ0n) is 18.4. The van der Waals surface area contributed by atoms with Crippen LogP contribution in [0.1, 0.15) is 38.8 Å². The molecule has 0 unspecified atom stereocenters. The highest BCUT2D eigenvalue weighted by Crippen LogP contribution is 2.32. The largest absolute Gasteiger partial charge is 0.490 e. The van der Waals surface area contributed by atoms with Gasteiger partial charge in [-0.2, -0.15) is 0 Å². The van der Waals surface area contributed by atoms with E-state index < -0.39 is 0 Å². The molecular formula is C23H31ClN2O5. The lowest BCUT2D eigenvalue weighted by Gasteiger charge is -2.21. The predicted octanol–water partition coefficient (Wildman–Crippen LogP) is 3.82. The minimum atomic E-state index is -0.295. The molecule has 3 rings (SSSR count). The Bertz CT molecular complexity index is 883. The van der Waals surface area contributed by atoms with E-state index in [1.165, 1.54) is 0 Å². The number of hydrogen-bond acceptors (Lipinski definition) is 6. The maximum atomic E-state index is 12.0. The Morgan fingerprint density at radius 1 is 0.968 bits per heavy atom. The van der Waals surface area contributed by atoms with E-state index in [1.54, 1.807) is 0 Å². The molecule has 1 heterocycles. The van der Waals surface area contributed by atoms with E-state index in [0.717, 1.165) is 22.6 Å². The first-order valence-electron chi connectivity index (χ1n) is 10.1. The summed E-state index contributed by atoms with van der Waals surface area (Å²) in [6, 6.07) is 11.7. The Morgan fingerprint density at radius 3 is 2.35 bits per heavy atom. The topological polar surface area (TPSA) is 78.1 Å². The van der Waals surface area contributed by atoms with Crippen LogP contribution in [0.25, 0.3) is 0 Å². The molecule has 0 fully saturated rings. The van der Waals surface area contributed by atoms with Gasteiger partial charge in [-0.05, 0) is 63.1 Å². The SMILES string of the molecule is CCOc1cc(CNCc2ccc3c(c2)OCO3)ccc1OCC(=O)NC(C)(C)C.Cl. The van der Waals surface area contributed by atoms with Gasteiger partial charge in [0.15, 0.2) is 29.6 Å². The van der Waals surface area contributed by atoms with Crippen molar-refractivity contribution < 1.29 is 23.7 Å². The molecule has 2 aromatic rings. The lowest BCUT2D eigenvalue weighted by Crippen LogP contribution is -2.43. The normalized spacial score (nSPS) is 12.1. The van der Waals surface area contributed by atoms with Crippen molar-refractivity contribution in [3.63, 3.8) is 0 Å². The average Bonchev–Trinajstić information content (AvgIpc) is 3.14. The van der Waals surface area contributed by atoms with E-state index >= 15 is 0 Å². The van der Waals surface area contributed by atoms with Crippen LogP contribution >= 0.6 is 12.4 Å². The van der Waals surface area contributed by atoms with Crippen LogP contribution in [-0.2, 0) is 17.9 Å². The number of benzene rings is 2. The number of halogens is 1. The molecule has 31 heavy (non-hydrogen) atoms. The summed E-state index contributed by atoms with van der Waals surface area (Å²) in [7, 11) is 0. The highest BCUT2D eigenvalue weighted by Gasteiger charge is 2.16. The predicted molar refractivity (Wildman–Crippen MR) is 121 cm³/mol. The molecule has 0 bridgehead atoms. The van der Waals surface area contributed by atoms with Crippen LogP contribution in [0, 0.1) is 0 Å². The fourth-order valence-corrected chi connectivity index (χ4v) is 3.05. The highest BCUT2D eigenvalue weighted by molar-refractivity contribution is 5.85. The highest BCUT2D eigenvalue weighted by atomic mass is 35.5. The van der Waals surface area contributed by atoms with Crippen molar-refractivity contribution in [3.05, 3.63) is 47.5 Å². The number of ether oxygens (including phenoxy) is 4. The van der Waals surface area contributed by atoms with E-state index in [1.807, 2.05) is 64.1 Å². The molecule has 1 amide bonds. The van der Waals surface area contributed by atoms with Gasteiger partial charge in [0.2, 0.25) is 6.79 Å². The third-order valence-electron chi connectivity index (χ3n) is 4.28. The van der Waals surface area contributed by atoms with Gasteiger partial charge in [-0.25, -0.2) is 0 Å². The molecule has 170 valence electrons. The van der Waals surface area contributed by atoms with E-state index in [-0.39, 0.29) is 37.3 Å². The standard InChI is InChI=1S/C23H30N2O5.ClH/c1-5-27-20-10-16(6-8-18(20)28-14-22(26)25-23(2,3)4)12-24-13-17-7-9-19-21(11-17)30-15-29-19;/h6-11,24H,5,12-15H2,1-4H3,(H,25,26);1H. The van der Waals surface area contributed by atoms with Gasteiger partial charge in [0.25, 0.3) is 5.91 Å². The molecule has 7 nitrogen and oxygen atoms in total. The van der Waals surface area contributed by atoms with Crippen LogP contribution in [0.3, 0.4) is 0 Å².